The lowest BCUT2D eigenvalue weighted by Crippen LogP contribution is -2.24. The van der Waals surface area contributed by atoms with E-state index < -0.39 is 0 Å². The van der Waals surface area contributed by atoms with Crippen molar-refractivity contribution < 1.29 is 14.3 Å². The maximum Gasteiger partial charge on any atom is 0.257 e. The third-order valence-corrected chi connectivity index (χ3v) is 5.09. The number of anilines is 3. The summed E-state index contributed by atoms with van der Waals surface area (Å²) >= 11 is 0. The quantitative estimate of drug-likeness (QED) is 0.432. The monoisotopic (exact) mass is 430 g/mol. The number of likely N-dealkylation sites (N-methyl/N-ethyl adjacent to an activating group) is 1. The van der Waals surface area contributed by atoms with Crippen LogP contribution in [0.1, 0.15) is 0 Å². The Hall–Kier alpha value is -4.27. The minimum Gasteiger partial charge on any atom is -0.490 e. The first-order valence-corrected chi connectivity index (χ1v) is 10.2. The molecule has 1 aliphatic heterocycles. The van der Waals surface area contributed by atoms with E-state index in [0.29, 0.717) is 23.8 Å². The standard InChI is InChI=1S/C23H22N6O3/c1-24-21(30)14-32-17-5-3-16(4-6-17)27-22-23-26-8-10-29(23)13-19(28-22)15-2-7-20-18(12-15)25-9-11-31-20/h2-8,10,12-13,25H,9,11,14H2,1H3,(H,24,30)(H,27,28). The molecule has 9 nitrogen and oxygen atoms in total. The first-order chi connectivity index (χ1) is 15.7. The smallest absolute Gasteiger partial charge is 0.257 e. The second-order valence-electron chi connectivity index (χ2n) is 7.23. The topological polar surface area (TPSA) is 102 Å². The maximum absolute atomic E-state index is 11.3. The third kappa shape index (κ3) is 4.00. The Morgan fingerprint density at radius 3 is 2.97 bits per heavy atom. The number of nitrogens with zero attached hydrogens (tertiary/aromatic N) is 3. The summed E-state index contributed by atoms with van der Waals surface area (Å²) in [6.45, 7) is 1.41. The largest absolute Gasteiger partial charge is 0.490 e. The van der Waals surface area contributed by atoms with E-state index in [-0.39, 0.29) is 12.5 Å². The van der Waals surface area contributed by atoms with Crippen LogP contribution in [0.5, 0.6) is 11.5 Å². The van der Waals surface area contributed by atoms with Crippen LogP contribution in [-0.2, 0) is 4.79 Å². The zero-order valence-electron chi connectivity index (χ0n) is 17.5. The van der Waals surface area contributed by atoms with Crippen molar-refractivity contribution in [2.45, 2.75) is 0 Å². The number of hydrogen-bond acceptors (Lipinski definition) is 7. The molecule has 0 spiro atoms. The number of fused-ring (bicyclic) bond motifs is 2. The van der Waals surface area contributed by atoms with Gasteiger partial charge in [-0.3, -0.25) is 4.79 Å². The van der Waals surface area contributed by atoms with Crippen molar-refractivity contribution in [3.63, 3.8) is 0 Å². The number of nitrogens with one attached hydrogen (secondary N) is 3. The molecule has 4 aromatic rings. The number of ether oxygens (including phenoxy) is 2. The fourth-order valence-electron chi connectivity index (χ4n) is 3.45. The second kappa shape index (κ2) is 8.46. The fraction of sp³-hybridized carbons (Fsp3) is 0.174. The molecule has 0 bridgehead atoms. The molecule has 0 fully saturated rings. The molecule has 2 aromatic heterocycles. The van der Waals surface area contributed by atoms with Crippen LogP contribution < -0.4 is 25.4 Å². The van der Waals surface area contributed by atoms with E-state index >= 15 is 0 Å². The van der Waals surface area contributed by atoms with E-state index in [0.717, 1.165) is 34.9 Å². The predicted octanol–water partition coefficient (Wildman–Crippen LogP) is 3.07. The van der Waals surface area contributed by atoms with E-state index in [4.69, 9.17) is 14.5 Å². The fourth-order valence-corrected chi connectivity index (χ4v) is 3.45. The lowest BCUT2D eigenvalue weighted by atomic mass is 10.1. The van der Waals surface area contributed by atoms with Gasteiger partial charge in [0.25, 0.3) is 5.91 Å². The molecule has 0 atom stereocenters. The van der Waals surface area contributed by atoms with Gasteiger partial charge in [-0.25, -0.2) is 9.97 Å². The first kappa shape index (κ1) is 19.7. The summed E-state index contributed by atoms with van der Waals surface area (Å²) in [6, 6.07) is 13.3. The number of hydrogen-bond donors (Lipinski definition) is 3. The first-order valence-electron chi connectivity index (χ1n) is 10.2. The van der Waals surface area contributed by atoms with Gasteiger partial charge in [-0.2, -0.15) is 0 Å². The summed E-state index contributed by atoms with van der Waals surface area (Å²) in [5, 5.41) is 9.22. The molecule has 32 heavy (non-hydrogen) atoms. The number of carbonyl (C=O) groups excluding carboxylic acids is 1. The maximum atomic E-state index is 11.3. The molecule has 0 unspecified atom stereocenters. The number of rotatable bonds is 6. The van der Waals surface area contributed by atoms with Crippen LogP contribution in [0.4, 0.5) is 17.2 Å². The highest BCUT2D eigenvalue weighted by molar-refractivity contribution is 5.77. The second-order valence-corrected chi connectivity index (χ2v) is 7.23. The molecule has 0 saturated carbocycles. The van der Waals surface area contributed by atoms with Gasteiger partial charge in [0, 0.05) is 43.4 Å². The molecule has 2 aromatic carbocycles. The summed E-state index contributed by atoms with van der Waals surface area (Å²) < 4.78 is 13.1. The molecule has 3 N–H and O–H groups in total. The summed E-state index contributed by atoms with van der Waals surface area (Å²) in [6.07, 6.45) is 5.58. The van der Waals surface area contributed by atoms with Gasteiger partial charge in [-0.1, -0.05) is 0 Å². The number of benzene rings is 2. The highest BCUT2D eigenvalue weighted by Gasteiger charge is 2.14. The molecule has 3 heterocycles. The van der Waals surface area contributed by atoms with Gasteiger partial charge in [-0.15, -0.1) is 0 Å². The molecule has 9 heteroatoms. The number of aromatic nitrogens is 3. The molecule has 5 rings (SSSR count). The average Bonchev–Trinajstić information content (AvgIpc) is 3.32. The number of imidazole rings is 1. The van der Waals surface area contributed by atoms with Crippen molar-refractivity contribution in [1.82, 2.24) is 19.7 Å². The van der Waals surface area contributed by atoms with E-state index in [2.05, 4.69) is 20.9 Å². The zero-order valence-corrected chi connectivity index (χ0v) is 17.5. The van der Waals surface area contributed by atoms with Gasteiger partial charge < -0.3 is 29.8 Å². The van der Waals surface area contributed by atoms with Crippen molar-refractivity contribution in [1.29, 1.82) is 0 Å². The van der Waals surface area contributed by atoms with Crippen LogP contribution in [0, 0.1) is 0 Å². The average molecular weight is 430 g/mol. The summed E-state index contributed by atoms with van der Waals surface area (Å²) in [4.78, 5) is 20.6. The van der Waals surface area contributed by atoms with E-state index in [1.165, 1.54) is 0 Å². The highest BCUT2D eigenvalue weighted by Crippen LogP contribution is 2.33. The molecule has 0 aliphatic carbocycles. The van der Waals surface area contributed by atoms with Gasteiger partial charge in [0.15, 0.2) is 18.1 Å². The van der Waals surface area contributed by atoms with Crippen molar-refractivity contribution in [3.05, 3.63) is 61.1 Å². The van der Waals surface area contributed by atoms with Crippen molar-refractivity contribution in [2.75, 3.05) is 37.4 Å². The molecular formula is C23H22N6O3. The van der Waals surface area contributed by atoms with Crippen LogP contribution in [0.15, 0.2) is 61.1 Å². The van der Waals surface area contributed by atoms with Crippen LogP contribution in [0.25, 0.3) is 16.9 Å². The lowest BCUT2D eigenvalue weighted by Gasteiger charge is -2.19. The Labute approximate surface area is 184 Å². The van der Waals surface area contributed by atoms with Gasteiger partial charge in [0.05, 0.1) is 11.4 Å². The molecule has 1 amide bonds. The number of carbonyl (C=O) groups is 1. The van der Waals surface area contributed by atoms with E-state index in [1.807, 2.05) is 47.1 Å². The Kier molecular flexibility index (Phi) is 5.20. The van der Waals surface area contributed by atoms with Gasteiger partial charge in [-0.05, 0) is 42.5 Å². The lowest BCUT2D eigenvalue weighted by molar-refractivity contribution is -0.122. The van der Waals surface area contributed by atoms with Crippen molar-refractivity contribution in [2.24, 2.45) is 0 Å². The normalized spacial score (nSPS) is 12.4. The number of amides is 1. The van der Waals surface area contributed by atoms with Gasteiger partial charge in [0.1, 0.15) is 18.1 Å². The van der Waals surface area contributed by atoms with Gasteiger partial charge >= 0.3 is 0 Å². The molecular weight excluding hydrogens is 408 g/mol. The molecule has 0 saturated heterocycles. The Morgan fingerprint density at radius 1 is 1.25 bits per heavy atom. The van der Waals surface area contributed by atoms with Gasteiger partial charge in [0.2, 0.25) is 0 Å². The minimum atomic E-state index is -0.182. The van der Waals surface area contributed by atoms with Crippen molar-refractivity contribution in [3.8, 4) is 22.8 Å². The van der Waals surface area contributed by atoms with Crippen LogP contribution in [0.2, 0.25) is 0 Å². The van der Waals surface area contributed by atoms with Crippen LogP contribution >= 0.6 is 0 Å². The predicted molar refractivity (Wildman–Crippen MR) is 122 cm³/mol. The minimum absolute atomic E-state index is 0.0255. The summed E-state index contributed by atoms with van der Waals surface area (Å²) in [7, 11) is 1.57. The van der Waals surface area contributed by atoms with E-state index in [9.17, 15) is 4.79 Å². The molecule has 1 aliphatic rings. The summed E-state index contributed by atoms with van der Waals surface area (Å²) in [5.41, 5.74) is 4.28. The molecule has 162 valence electrons. The van der Waals surface area contributed by atoms with Crippen LogP contribution in [0.3, 0.4) is 0 Å². The molecule has 0 radical (unpaired) electrons. The SMILES string of the molecule is CNC(=O)COc1ccc(Nc2nc(-c3ccc4c(c3)NCCO4)cn3ccnc23)cc1. The zero-order chi connectivity index (χ0) is 21.9. The highest BCUT2D eigenvalue weighted by atomic mass is 16.5. The van der Waals surface area contributed by atoms with Crippen molar-refractivity contribution >= 4 is 28.7 Å². The Bertz CT molecular complexity index is 1270. The van der Waals surface area contributed by atoms with E-state index in [1.54, 1.807) is 25.4 Å². The van der Waals surface area contributed by atoms with Crippen LogP contribution in [-0.4, -0.2) is 47.1 Å². The third-order valence-electron chi connectivity index (χ3n) is 5.09. The Balaban J connectivity index is 1.42. The summed E-state index contributed by atoms with van der Waals surface area (Å²) in [5.74, 6) is 1.91. The Morgan fingerprint density at radius 2 is 2.12 bits per heavy atom.